The largest absolute Gasteiger partial charge is 0.348 e. The molecular weight excluding hydrogens is 362 g/mol. The van der Waals surface area contributed by atoms with E-state index in [1.54, 1.807) is 24.3 Å². The van der Waals surface area contributed by atoms with Gasteiger partial charge >= 0.3 is 0 Å². The molecule has 0 bridgehead atoms. The van der Waals surface area contributed by atoms with Gasteiger partial charge in [-0.05, 0) is 36.6 Å². The van der Waals surface area contributed by atoms with Crippen LogP contribution in [0.15, 0.2) is 48.5 Å². The summed E-state index contributed by atoms with van der Waals surface area (Å²) in [6, 6.07) is 16.7. The molecular formula is C20H21N3O3S. The summed E-state index contributed by atoms with van der Waals surface area (Å²) in [5.74, 6) is -1.20. The molecule has 2 N–H and O–H groups in total. The first kappa shape index (κ1) is 18.9. The number of carbonyl (C=O) groups excluding carboxylic acids is 1. The molecule has 140 valence electrons. The van der Waals surface area contributed by atoms with Gasteiger partial charge < -0.3 is 5.32 Å². The predicted octanol–water partition coefficient (Wildman–Crippen LogP) is 2.85. The van der Waals surface area contributed by atoms with Crippen LogP contribution < -0.4 is 10.0 Å². The minimum absolute atomic E-state index is 0.192. The Balaban J connectivity index is 1.85. The number of amides is 1. The van der Waals surface area contributed by atoms with E-state index in [1.165, 1.54) is 0 Å². The molecule has 1 amide bonds. The number of hydrogen-bond donors (Lipinski definition) is 2. The first-order valence-corrected chi connectivity index (χ1v) is 10.5. The number of benzene rings is 2. The predicted molar refractivity (Wildman–Crippen MR) is 103 cm³/mol. The van der Waals surface area contributed by atoms with Gasteiger partial charge in [-0.25, -0.2) is 8.42 Å². The smallest absolute Gasteiger partial charge is 0.238 e. The minimum atomic E-state index is -3.34. The molecule has 2 aromatic rings. The summed E-state index contributed by atoms with van der Waals surface area (Å²) in [4.78, 5) is 12.5. The number of rotatable bonds is 4. The van der Waals surface area contributed by atoms with Gasteiger partial charge in [-0.1, -0.05) is 42.0 Å². The Morgan fingerprint density at radius 1 is 1.07 bits per heavy atom. The average molecular weight is 383 g/mol. The highest BCUT2D eigenvalue weighted by molar-refractivity contribution is 7.92. The van der Waals surface area contributed by atoms with Crippen molar-refractivity contribution in [3.63, 3.8) is 0 Å². The van der Waals surface area contributed by atoms with Gasteiger partial charge in [0.15, 0.2) is 0 Å². The number of nitriles is 1. The van der Waals surface area contributed by atoms with E-state index in [1.807, 2.05) is 31.2 Å². The molecule has 7 heteroatoms. The molecule has 27 heavy (non-hydrogen) atoms. The Bertz CT molecular complexity index is 977. The molecule has 1 aliphatic rings. The van der Waals surface area contributed by atoms with Crippen molar-refractivity contribution < 1.29 is 13.2 Å². The van der Waals surface area contributed by atoms with Gasteiger partial charge in [-0.2, -0.15) is 5.26 Å². The van der Waals surface area contributed by atoms with Gasteiger partial charge in [-0.15, -0.1) is 0 Å². The van der Waals surface area contributed by atoms with E-state index in [4.69, 9.17) is 0 Å². The van der Waals surface area contributed by atoms with Crippen LogP contribution in [0.3, 0.4) is 0 Å². The zero-order chi connectivity index (χ0) is 19.6. The molecule has 1 heterocycles. The van der Waals surface area contributed by atoms with E-state index >= 15 is 0 Å². The van der Waals surface area contributed by atoms with Crippen molar-refractivity contribution in [2.75, 3.05) is 11.0 Å². The van der Waals surface area contributed by atoms with Gasteiger partial charge in [0.2, 0.25) is 15.9 Å². The lowest BCUT2D eigenvalue weighted by Gasteiger charge is -2.33. The summed E-state index contributed by atoms with van der Waals surface area (Å²) in [7, 11) is -3.34. The summed E-state index contributed by atoms with van der Waals surface area (Å²) >= 11 is 0. The molecule has 2 aromatic carbocycles. The fourth-order valence-electron chi connectivity index (χ4n) is 3.40. The Kier molecular flexibility index (Phi) is 5.19. The van der Waals surface area contributed by atoms with Crippen molar-refractivity contribution in [3.8, 4) is 6.07 Å². The molecule has 1 saturated heterocycles. The Morgan fingerprint density at radius 3 is 2.22 bits per heavy atom. The van der Waals surface area contributed by atoms with E-state index in [0.717, 1.165) is 22.9 Å². The first-order valence-electron chi connectivity index (χ1n) is 8.61. The highest BCUT2D eigenvalue weighted by atomic mass is 32.2. The number of anilines is 1. The fourth-order valence-corrected chi connectivity index (χ4v) is 3.97. The second kappa shape index (κ2) is 7.41. The van der Waals surface area contributed by atoms with Crippen LogP contribution in [0, 0.1) is 24.2 Å². The number of sulfonamides is 1. The molecule has 3 unspecified atom stereocenters. The number of carbonyl (C=O) groups is 1. The SMILES string of the molecule is Cc1ccc(C2CC(c3ccc(NS(C)(=O)=O)cc3)NC(=O)C2C#N)cc1. The third-order valence-corrected chi connectivity index (χ3v) is 5.36. The van der Waals surface area contributed by atoms with E-state index in [-0.39, 0.29) is 17.9 Å². The van der Waals surface area contributed by atoms with E-state index in [0.29, 0.717) is 12.1 Å². The van der Waals surface area contributed by atoms with Crippen LogP contribution in [0.5, 0.6) is 0 Å². The molecule has 3 atom stereocenters. The maximum Gasteiger partial charge on any atom is 0.238 e. The number of nitrogens with zero attached hydrogens (tertiary/aromatic N) is 1. The molecule has 3 rings (SSSR count). The second-order valence-corrected chi connectivity index (χ2v) is 8.67. The summed E-state index contributed by atoms with van der Waals surface area (Å²) in [5, 5.41) is 12.4. The molecule has 6 nitrogen and oxygen atoms in total. The van der Waals surface area contributed by atoms with Crippen LogP contribution in [-0.2, 0) is 14.8 Å². The zero-order valence-electron chi connectivity index (χ0n) is 15.1. The van der Waals surface area contributed by atoms with Gasteiger partial charge in [0.25, 0.3) is 0 Å². The highest BCUT2D eigenvalue weighted by Crippen LogP contribution is 2.38. The van der Waals surface area contributed by atoms with Crippen molar-refractivity contribution in [3.05, 3.63) is 65.2 Å². The zero-order valence-corrected chi connectivity index (χ0v) is 16.0. The monoisotopic (exact) mass is 383 g/mol. The summed E-state index contributed by atoms with van der Waals surface area (Å²) < 4.78 is 25.1. The fraction of sp³-hybridized carbons (Fsp3) is 0.300. The van der Waals surface area contributed by atoms with Crippen LogP contribution in [0.1, 0.15) is 35.1 Å². The quantitative estimate of drug-likeness (QED) is 0.848. The number of nitrogens with one attached hydrogen (secondary N) is 2. The number of hydrogen-bond acceptors (Lipinski definition) is 4. The van der Waals surface area contributed by atoms with Crippen LogP contribution in [0.2, 0.25) is 0 Å². The third-order valence-electron chi connectivity index (χ3n) is 4.75. The van der Waals surface area contributed by atoms with Crippen LogP contribution in [0.4, 0.5) is 5.69 Å². The summed E-state index contributed by atoms with van der Waals surface area (Å²) in [6.07, 6.45) is 1.70. The molecule has 0 saturated carbocycles. The van der Waals surface area contributed by atoms with Gasteiger partial charge in [-0.3, -0.25) is 9.52 Å². The van der Waals surface area contributed by atoms with E-state index in [2.05, 4.69) is 16.1 Å². The van der Waals surface area contributed by atoms with Crippen molar-refractivity contribution in [2.24, 2.45) is 5.92 Å². The lowest BCUT2D eigenvalue weighted by molar-refractivity contribution is -0.126. The molecule has 0 aromatic heterocycles. The normalized spacial score (nSPS) is 22.6. The molecule has 0 spiro atoms. The molecule has 1 fully saturated rings. The maximum atomic E-state index is 12.5. The van der Waals surface area contributed by atoms with Crippen molar-refractivity contribution >= 4 is 21.6 Å². The number of piperidine rings is 1. The Morgan fingerprint density at radius 2 is 1.67 bits per heavy atom. The standard InChI is InChI=1S/C20H21N3O3S/c1-13-3-5-14(6-4-13)17-11-19(22-20(24)18(17)12-21)15-7-9-16(10-8-15)23-27(2,25)26/h3-10,17-19,23H,11H2,1-2H3,(H,22,24). The highest BCUT2D eigenvalue weighted by Gasteiger charge is 2.38. The Hall–Kier alpha value is -2.85. The Labute approximate surface area is 159 Å². The second-order valence-electron chi connectivity index (χ2n) is 6.92. The van der Waals surface area contributed by atoms with Crippen molar-refractivity contribution in [2.45, 2.75) is 25.3 Å². The van der Waals surface area contributed by atoms with Crippen LogP contribution in [0.25, 0.3) is 0 Å². The summed E-state index contributed by atoms with van der Waals surface area (Å²) in [6.45, 7) is 1.99. The molecule has 0 aliphatic carbocycles. The molecule has 0 radical (unpaired) electrons. The summed E-state index contributed by atoms with van der Waals surface area (Å²) in [5.41, 5.74) is 3.43. The minimum Gasteiger partial charge on any atom is -0.348 e. The topological polar surface area (TPSA) is 99.1 Å². The number of aryl methyl sites for hydroxylation is 1. The van der Waals surface area contributed by atoms with Crippen LogP contribution >= 0.6 is 0 Å². The van der Waals surface area contributed by atoms with Gasteiger partial charge in [0, 0.05) is 11.6 Å². The lowest BCUT2D eigenvalue weighted by Crippen LogP contribution is -2.42. The van der Waals surface area contributed by atoms with Crippen molar-refractivity contribution in [1.82, 2.24) is 5.32 Å². The van der Waals surface area contributed by atoms with Gasteiger partial charge in [0.05, 0.1) is 18.4 Å². The first-order chi connectivity index (χ1) is 12.8. The average Bonchev–Trinajstić information content (AvgIpc) is 2.61. The van der Waals surface area contributed by atoms with E-state index < -0.39 is 15.9 Å². The van der Waals surface area contributed by atoms with Gasteiger partial charge in [0.1, 0.15) is 5.92 Å². The third kappa shape index (κ3) is 4.47. The molecule has 1 aliphatic heterocycles. The van der Waals surface area contributed by atoms with Crippen LogP contribution in [-0.4, -0.2) is 20.6 Å². The van der Waals surface area contributed by atoms with E-state index in [9.17, 15) is 18.5 Å². The van der Waals surface area contributed by atoms with Crippen molar-refractivity contribution in [1.29, 1.82) is 5.26 Å². The maximum absolute atomic E-state index is 12.5. The lowest BCUT2D eigenvalue weighted by atomic mass is 9.77.